The van der Waals surface area contributed by atoms with Gasteiger partial charge in [0.15, 0.2) is 0 Å². The van der Waals surface area contributed by atoms with Gasteiger partial charge in [-0.15, -0.1) is 11.3 Å². The molecule has 0 bridgehead atoms. The third-order valence-electron chi connectivity index (χ3n) is 2.86. The number of rotatable bonds is 5. The fourth-order valence-corrected chi connectivity index (χ4v) is 2.65. The van der Waals surface area contributed by atoms with Crippen molar-refractivity contribution in [3.8, 4) is 0 Å². The molecular formula is C11H15BN2O5S. The van der Waals surface area contributed by atoms with Crippen molar-refractivity contribution >= 4 is 30.3 Å². The summed E-state index contributed by atoms with van der Waals surface area (Å²) >= 11 is 1.49. The minimum atomic E-state index is -1.23. The molecule has 9 heteroatoms. The van der Waals surface area contributed by atoms with Crippen LogP contribution in [0.1, 0.15) is 11.3 Å². The Morgan fingerprint density at radius 1 is 1.60 bits per heavy atom. The highest BCUT2D eigenvalue weighted by molar-refractivity contribution is 7.10. The zero-order valence-electron chi connectivity index (χ0n) is 10.7. The molecule has 1 aliphatic heterocycles. The Morgan fingerprint density at radius 2 is 2.40 bits per heavy atom. The Kier molecular flexibility index (Phi) is 5.13. The lowest BCUT2D eigenvalue weighted by molar-refractivity contribution is -0.154. The SMILES string of the molecule is O=C(O)CN1CCC(NC(=O)Cc2cccs2)B(O)O1. The maximum Gasteiger partial charge on any atom is 0.495 e. The molecule has 1 fully saturated rings. The van der Waals surface area contributed by atoms with Gasteiger partial charge in [-0.2, -0.15) is 5.06 Å². The van der Waals surface area contributed by atoms with Crippen molar-refractivity contribution in [2.75, 3.05) is 13.1 Å². The molecule has 0 spiro atoms. The number of thiophene rings is 1. The van der Waals surface area contributed by atoms with Crippen LogP contribution in [0.25, 0.3) is 0 Å². The number of nitrogens with zero attached hydrogens (tertiary/aromatic N) is 1. The number of amides is 1. The predicted octanol–water partition coefficient (Wildman–Crippen LogP) is -0.483. The first kappa shape index (κ1) is 15.0. The Balaban J connectivity index is 1.79. The van der Waals surface area contributed by atoms with E-state index in [1.165, 1.54) is 16.4 Å². The molecule has 108 valence electrons. The van der Waals surface area contributed by atoms with Gasteiger partial charge in [0.25, 0.3) is 0 Å². The molecule has 3 N–H and O–H groups in total. The molecule has 2 rings (SSSR count). The Morgan fingerprint density at radius 3 is 3.00 bits per heavy atom. The maximum atomic E-state index is 11.8. The monoisotopic (exact) mass is 298 g/mol. The maximum absolute atomic E-state index is 11.8. The smallest absolute Gasteiger partial charge is 0.480 e. The average Bonchev–Trinajstić information content (AvgIpc) is 2.84. The van der Waals surface area contributed by atoms with Gasteiger partial charge in [-0.25, -0.2) is 0 Å². The highest BCUT2D eigenvalue weighted by atomic mass is 32.1. The van der Waals surface area contributed by atoms with Gasteiger partial charge in [0, 0.05) is 11.4 Å². The number of nitrogens with one attached hydrogen (secondary N) is 1. The first-order chi connectivity index (χ1) is 9.54. The van der Waals surface area contributed by atoms with Crippen molar-refractivity contribution in [3.63, 3.8) is 0 Å². The van der Waals surface area contributed by atoms with Gasteiger partial charge in [-0.3, -0.25) is 9.59 Å². The number of carbonyl (C=O) groups excluding carboxylic acids is 1. The normalized spacial score (nSPS) is 19.9. The van der Waals surface area contributed by atoms with Gasteiger partial charge in [0.05, 0.1) is 12.4 Å². The van der Waals surface area contributed by atoms with Crippen LogP contribution >= 0.6 is 11.3 Å². The number of hydrogen-bond acceptors (Lipinski definition) is 6. The first-order valence-corrected chi connectivity index (χ1v) is 7.06. The zero-order chi connectivity index (χ0) is 14.5. The second kappa shape index (κ2) is 6.84. The van der Waals surface area contributed by atoms with E-state index < -0.39 is 19.0 Å². The number of hydrogen-bond donors (Lipinski definition) is 3. The summed E-state index contributed by atoms with van der Waals surface area (Å²) in [6.07, 6.45) is 0.699. The second-order valence-electron chi connectivity index (χ2n) is 4.47. The number of carboxylic acids is 1. The summed E-state index contributed by atoms with van der Waals surface area (Å²) in [5, 5.41) is 24.2. The Labute approximate surface area is 120 Å². The number of hydroxylamine groups is 2. The molecule has 1 aromatic rings. The van der Waals surface area contributed by atoms with E-state index in [4.69, 9.17) is 9.86 Å². The summed E-state index contributed by atoms with van der Waals surface area (Å²) < 4.78 is 5.04. The summed E-state index contributed by atoms with van der Waals surface area (Å²) in [6, 6.07) is 3.74. The highest BCUT2D eigenvalue weighted by Gasteiger charge is 2.36. The molecule has 0 radical (unpaired) electrons. The molecule has 1 saturated heterocycles. The van der Waals surface area contributed by atoms with Crippen molar-refractivity contribution in [2.45, 2.75) is 18.8 Å². The summed E-state index contributed by atoms with van der Waals surface area (Å²) in [5.74, 6) is -1.74. The third-order valence-corrected chi connectivity index (χ3v) is 3.74. The van der Waals surface area contributed by atoms with Crippen LogP contribution in [-0.4, -0.2) is 53.2 Å². The topological polar surface area (TPSA) is 99.1 Å². The van der Waals surface area contributed by atoms with Crippen molar-refractivity contribution in [1.82, 2.24) is 10.4 Å². The summed E-state index contributed by atoms with van der Waals surface area (Å²) in [5.41, 5.74) is 0. The van der Waals surface area contributed by atoms with Crippen LogP contribution in [0.2, 0.25) is 0 Å². The standard InChI is InChI=1S/C11H15BN2O5S/c15-10(6-8-2-1-5-20-8)13-9-3-4-14(7-11(16)17)19-12(9)18/h1-2,5,9,18H,3-4,6-7H2,(H,13,15)(H,16,17). The zero-order valence-corrected chi connectivity index (χ0v) is 11.5. The van der Waals surface area contributed by atoms with Crippen LogP contribution in [0.15, 0.2) is 17.5 Å². The van der Waals surface area contributed by atoms with Crippen molar-refractivity contribution in [1.29, 1.82) is 0 Å². The van der Waals surface area contributed by atoms with E-state index in [1.807, 2.05) is 17.5 Å². The summed E-state index contributed by atoms with van der Waals surface area (Å²) in [6.45, 7) is 0.0419. The van der Waals surface area contributed by atoms with E-state index in [0.29, 0.717) is 13.0 Å². The molecule has 1 aliphatic rings. The minimum Gasteiger partial charge on any atom is -0.480 e. The molecule has 1 atom stereocenters. The lowest BCUT2D eigenvalue weighted by atomic mass is 9.76. The van der Waals surface area contributed by atoms with Crippen LogP contribution in [0.3, 0.4) is 0 Å². The largest absolute Gasteiger partial charge is 0.495 e. The first-order valence-electron chi connectivity index (χ1n) is 6.18. The van der Waals surface area contributed by atoms with Crippen molar-refractivity contribution < 1.29 is 24.5 Å². The summed E-state index contributed by atoms with van der Waals surface area (Å²) in [7, 11) is -1.23. The van der Waals surface area contributed by atoms with Crippen molar-refractivity contribution in [2.24, 2.45) is 0 Å². The number of carbonyl (C=O) groups is 2. The molecule has 0 aromatic carbocycles. The Hall–Kier alpha value is -1.42. The molecule has 0 aliphatic carbocycles. The fourth-order valence-electron chi connectivity index (χ4n) is 1.94. The lowest BCUT2D eigenvalue weighted by Crippen LogP contribution is -2.56. The van der Waals surface area contributed by atoms with E-state index in [1.54, 1.807) is 0 Å². The van der Waals surface area contributed by atoms with E-state index in [0.717, 1.165) is 4.88 Å². The Bertz CT molecular complexity index is 469. The summed E-state index contributed by atoms with van der Waals surface area (Å²) in [4.78, 5) is 23.3. The van der Waals surface area contributed by atoms with E-state index in [-0.39, 0.29) is 18.9 Å². The molecule has 7 nitrogen and oxygen atoms in total. The predicted molar refractivity (Wildman–Crippen MR) is 72.8 cm³/mol. The van der Waals surface area contributed by atoms with Crippen LogP contribution in [0.5, 0.6) is 0 Å². The van der Waals surface area contributed by atoms with Gasteiger partial charge in [-0.05, 0) is 17.9 Å². The van der Waals surface area contributed by atoms with Gasteiger partial charge in [0.2, 0.25) is 5.91 Å². The quantitative estimate of drug-likeness (QED) is 0.635. The number of aliphatic carboxylic acids is 1. The second-order valence-corrected chi connectivity index (χ2v) is 5.50. The molecular weight excluding hydrogens is 283 g/mol. The van der Waals surface area contributed by atoms with E-state index in [9.17, 15) is 14.6 Å². The van der Waals surface area contributed by atoms with Gasteiger partial charge in [0.1, 0.15) is 6.54 Å². The third kappa shape index (κ3) is 4.31. The minimum absolute atomic E-state index is 0.188. The van der Waals surface area contributed by atoms with Crippen LogP contribution in [0.4, 0.5) is 0 Å². The molecule has 1 amide bonds. The lowest BCUT2D eigenvalue weighted by Gasteiger charge is -2.32. The van der Waals surface area contributed by atoms with Crippen molar-refractivity contribution in [3.05, 3.63) is 22.4 Å². The van der Waals surface area contributed by atoms with Crippen LogP contribution in [-0.2, 0) is 20.8 Å². The molecule has 0 saturated carbocycles. The van der Waals surface area contributed by atoms with Crippen LogP contribution in [0, 0.1) is 0 Å². The molecule has 20 heavy (non-hydrogen) atoms. The molecule has 1 unspecified atom stereocenters. The fraction of sp³-hybridized carbons (Fsp3) is 0.455. The van der Waals surface area contributed by atoms with E-state index in [2.05, 4.69) is 5.32 Å². The van der Waals surface area contributed by atoms with Gasteiger partial charge < -0.3 is 20.2 Å². The molecule has 1 aromatic heterocycles. The highest BCUT2D eigenvalue weighted by Crippen LogP contribution is 2.12. The van der Waals surface area contributed by atoms with Crippen LogP contribution < -0.4 is 5.32 Å². The number of carboxylic acid groups (broad SMARTS) is 1. The van der Waals surface area contributed by atoms with Gasteiger partial charge >= 0.3 is 13.1 Å². The van der Waals surface area contributed by atoms with E-state index >= 15 is 0 Å². The van der Waals surface area contributed by atoms with Gasteiger partial charge in [-0.1, -0.05) is 6.07 Å². The molecule has 2 heterocycles. The average molecular weight is 298 g/mol.